The van der Waals surface area contributed by atoms with Crippen LogP contribution in [0.4, 0.5) is 10.5 Å². The molecule has 0 fully saturated rings. The van der Waals surface area contributed by atoms with E-state index in [9.17, 15) is 14.4 Å². The number of primary amides is 1. The largest absolute Gasteiger partial charge is 0.465 e. The molecule has 1 aromatic heterocycles. The second-order valence-corrected chi connectivity index (χ2v) is 7.44. The molecule has 2 aromatic carbocycles. The highest BCUT2D eigenvalue weighted by atomic mass is 16.6. The Kier molecular flexibility index (Phi) is 8.34. The minimum atomic E-state index is -1.12. The third kappa shape index (κ3) is 6.19. The number of anilines is 1. The molecule has 0 bridgehead atoms. The topological polar surface area (TPSA) is 121 Å². The van der Waals surface area contributed by atoms with Crippen LogP contribution in [0, 0.1) is 5.92 Å². The van der Waals surface area contributed by atoms with Gasteiger partial charge in [-0.1, -0.05) is 36.4 Å². The van der Waals surface area contributed by atoms with E-state index in [0.717, 1.165) is 27.8 Å². The summed E-state index contributed by atoms with van der Waals surface area (Å²) in [5.41, 5.74) is 9.87. The maximum atomic E-state index is 12.6. The molecule has 8 nitrogen and oxygen atoms in total. The predicted octanol–water partition coefficient (Wildman–Crippen LogP) is 4.19. The van der Waals surface area contributed by atoms with Crippen molar-refractivity contribution in [2.24, 2.45) is 11.7 Å². The number of hydrogen-bond donors (Lipinski definition) is 2. The Morgan fingerprint density at radius 2 is 1.62 bits per heavy atom. The molecule has 0 spiro atoms. The molecule has 2 amide bonds. The lowest BCUT2D eigenvalue weighted by Crippen LogP contribution is -2.30. The number of rotatable bonds is 9. The molecule has 34 heavy (non-hydrogen) atoms. The van der Waals surface area contributed by atoms with Crippen LogP contribution in [-0.2, 0) is 25.5 Å². The van der Waals surface area contributed by atoms with Gasteiger partial charge in [0.1, 0.15) is 0 Å². The number of hydrogen-bond acceptors (Lipinski definition) is 6. The molecule has 3 aromatic rings. The number of urea groups is 1. The van der Waals surface area contributed by atoms with E-state index >= 15 is 0 Å². The van der Waals surface area contributed by atoms with E-state index in [1.807, 2.05) is 36.4 Å². The van der Waals surface area contributed by atoms with E-state index in [4.69, 9.17) is 15.2 Å². The Hall–Kier alpha value is -4.20. The van der Waals surface area contributed by atoms with Gasteiger partial charge in [0.15, 0.2) is 5.92 Å². The van der Waals surface area contributed by atoms with Crippen LogP contribution in [0.3, 0.4) is 0 Å². The van der Waals surface area contributed by atoms with Crippen molar-refractivity contribution in [1.82, 2.24) is 4.98 Å². The molecule has 3 rings (SSSR count). The number of benzene rings is 2. The average molecular weight is 462 g/mol. The Morgan fingerprint density at radius 3 is 2.24 bits per heavy atom. The van der Waals surface area contributed by atoms with Crippen LogP contribution in [0.5, 0.6) is 0 Å². The Labute approximate surface area is 198 Å². The van der Waals surface area contributed by atoms with E-state index < -0.39 is 23.9 Å². The predicted molar refractivity (Wildman–Crippen MR) is 129 cm³/mol. The fourth-order valence-corrected chi connectivity index (χ4v) is 3.63. The van der Waals surface area contributed by atoms with Gasteiger partial charge >= 0.3 is 18.0 Å². The van der Waals surface area contributed by atoms with Crippen LogP contribution in [0.2, 0.25) is 0 Å². The molecule has 8 heteroatoms. The lowest BCUT2D eigenvalue weighted by atomic mass is 9.89. The number of carbonyl (C=O) groups is 3. The zero-order chi connectivity index (χ0) is 24.5. The van der Waals surface area contributed by atoms with E-state index in [0.29, 0.717) is 5.69 Å². The molecule has 0 aliphatic carbocycles. The number of ether oxygens (including phenoxy) is 2. The Morgan fingerprint density at radius 1 is 0.912 bits per heavy atom. The molecule has 0 atom stereocenters. The normalized spacial score (nSPS) is 10.6. The van der Waals surface area contributed by atoms with Crippen LogP contribution < -0.4 is 11.1 Å². The first-order valence-corrected chi connectivity index (χ1v) is 11.0. The van der Waals surface area contributed by atoms with E-state index in [1.54, 1.807) is 44.4 Å². The van der Waals surface area contributed by atoms with Crippen LogP contribution in [0.25, 0.3) is 22.3 Å². The lowest BCUT2D eigenvalue weighted by molar-refractivity contribution is -0.161. The van der Waals surface area contributed by atoms with Crippen molar-refractivity contribution in [1.29, 1.82) is 0 Å². The molecule has 1 heterocycles. The first kappa shape index (κ1) is 24.4. The van der Waals surface area contributed by atoms with Crippen LogP contribution in [-0.4, -0.2) is 36.2 Å². The molecular weight excluding hydrogens is 434 g/mol. The van der Waals surface area contributed by atoms with Crippen molar-refractivity contribution in [3.8, 4) is 22.3 Å². The molecule has 0 aliphatic heterocycles. The number of esters is 2. The van der Waals surface area contributed by atoms with E-state index in [-0.39, 0.29) is 19.6 Å². The number of nitrogens with one attached hydrogen (secondary N) is 1. The maximum absolute atomic E-state index is 12.6. The van der Waals surface area contributed by atoms with Crippen molar-refractivity contribution in [3.05, 3.63) is 72.6 Å². The van der Waals surface area contributed by atoms with E-state index in [2.05, 4.69) is 10.3 Å². The van der Waals surface area contributed by atoms with Gasteiger partial charge in [-0.05, 0) is 66.3 Å². The summed E-state index contributed by atoms with van der Waals surface area (Å²) in [6.07, 6.45) is 3.51. The van der Waals surface area contributed by atoms with Crippen LogP contribution >= 0.6 is 0 Å². The molecule has 0 saturated heterocycles. The lowest BCUT2D eigenvalue weighted by Gasteiger charge is -2.18. The van der Waals surface area contributed by atoms with Gasteiger partial charge in [-0.3, -0.25) is 14.6 Å². The van der Waals surface area contributed by atoms with Crippen molar-refractivity contribution in [2.45, 2.75) is 20.3 Å². The van der Waals surface area contributed by atoms with Crippen molar-refractivity contribution < 1.29 is 23.9 Å². The second-order valence-electron chi connectivity index (χ2n) is 7.44. The van der Waals surface area contributed by atoms with Crippen molar-refractivity contribution >= 4 is 23.7 Å². The highest BCUT2D eigenvalue weighted by molar-refractivity contribution is 5.95. The van der Waals surface area contributed by atoms with Gasteiger partial charge in [0, 0.05) is 18.1 Å². The van der Waals surface area contributed by atoms with Gasteiger partial charge in [0.05, 0.1) is 13.2 Å². The minimum Gasteiger partial charge on any atom is -0.465 e. The number of carbonyl (C=O) groups excluding carboxylic acids is 3. The highest BCUT2D eigenvalue weighted by Gasteiger charge is 2.31. The summed E-state index contributed by atoms with van der Waals surface area (Å²) in [6.45, 7) is 3.67. The zero-order valence-electron chi connectivity index (χ0n) is 19.1. The van der Waals surface area contributed by atoms with Gasteiger partial charge in [-0.15, -0.1) is 0 Å². The smallest absolute Gasteiger partial charge is 0.320 e. The third-order valence-electron chi connectivity index (χ3n) is 5.11. The standard InChI is InChI=1S/C26H27N3O5/c1-3-33-24(30)23(25(31)34-4-2)15-20-13-17(19-8-6-12-28-16-19)10-11-22(20)18-7-5-9-21(14-18)29-26(27)32/h5-14,16,23H,3-4,15H2,1-2H3,(H3,27,29,32). The first-order valence-electron chi connectivity index (χ1n) is 11.0. The van der Waals surface area contributed by atoms with Gasteiger partial charge < -0.3 is 20.5 Å². The summed E-state index contributed by atoms with van der Waals surface area (Å²) >= 11 is 0. The summed E-state index contributed by atoms with van der Waals surface area (Å²) in [5, 5.41) is 2.56. The van der Waals surface area contributed by atoms with Gasteiger partial charge in [0.25, 0.3) is 0 Å². The molecule has 0 radical (unpaired) electrons. The van der Waals surface area contributed by atoms with Gasteiger partial charge in [-0.25, -0.2) is 4.79 Å². The Bertz CT molecular complexity index is 1150. The van der Waals surface area contributed by atoms with Gasteiger partial charge in [-0.2, -0.15) is 0 Å². The number of nitrogens with two attached hydrogens (primary N) is 1. The highest BCUT2D eigenvalue weighted by Crippen LogP contribution is 2.32. The quantitative estimate of drug-likeness (QED) is 0.364. The fourth-order valence-electron chi connectivity index (χ4n) is 3.63. The summed E-state index contributed by atoms with van der Waals surface area (Å²) in [6, 6.07) is 16.0. The number of pyridine rings is 1. The molecular formula is C26H27N3O5. The molecule has 0 unspecified atom stereocenters. The Balaban J connectivity index is 2.10. The molecule has 0 aliphatic rings. The average Bonchev–Trinajstić information content (AvgIpc) is 2.83. The fraction of sp³-hybridized carbons (Fsp3) is 0.231. The summed E-state index contributed by atoms with van der Waals surface area (Å²) in [4.78, 5) is 40.8. The van der Waals surface area contributed by atoms with Gasteiger partial charge in [0.2, 0.25) is 0 Å². The van der Waals surface area contributed by atoms with E-state index in [1.165, 1.54) is 0 Å². The molecule has 0 saturated carbocycles. The zero-order valence-corrected chi connectivity index (χ0v) is 19.1. The summed E-state index contributed by atoms with van der Waals surface area (Å²) in [7, 11) is 0. The third-order valence-corrected chi connectivity index (χ3v) is 5.11. The number of nitrogens with zero attached hydrogens (tertiary/aromatic N) is 1. The SMILES string of the molecule is CCOC(=O)C(Cc1cc(-c2cccnc2)ccc1-c1cccc(NC(N)=O)c1)C(=O)OCC. The summed E-state index contributed by atoms with van der Waals surface area (Å²) in [5.74, 6) is -2.39. The second kappa shape index (κ2) is 11.6. The van der Waals surface area contributed by atoms with Crippen LogP contribution in [0.15, 0.2) is 67.0 Å². The minimum absolute atomic E-state index is 0.0780. The number of amides is 2. The maximum Gasteiger partial charge on any atom is 0.320 e. The van der Waals surface area contributed by atoms with Crippen LogP contribution in [0.1, 0.15) is 19.4 Å². The molecule has 176 valence electrons. The molecule has 3 N–H and O–H groups in total. The monoisotopic (exact) mass is 461 g/mol. The first-order chi connectivity index (χ1) is 16.4. The summed E-state index contributed by atoms with van der Waals surface area (Å²) < 4.78 is 10.3. The number of aromatic nitrogens is 1. The van der Waals surface area contributed by atoms with Crippen molar-refractivity contribution in [3.63, 3.8) is 0 Å². The van der Waals surface area contributed by atoms with Crippen molar-refractivity contribution in [2.75, 3.05) is 18.5 Å².